The van der Waals surface area contributed by atoms with Crippen molar-refractivity contribution in [3.05, 3.63) is 0 Å². The van der Waals surface area contributed by atoms with Crippen LogP contribution >= 0.6 is 12.4 Å². The van der Waals surface area contributed by atoms with Gasteiger partial charge in [-0.25, -0.2) is 0 Å². The number of carbonyl (C=O) groups is 1. The third-order valence-electron chi connectivity index (χ3n) is 5.71. The highest BCUT2D eigenvalue weighted by Crippen LogP contribution is 2.49. The maximum Gasteiger partial charge on any atom is 0.224 e. The molecular formula is C15H27ClN2O2. The summed E-state index contributed by atoms with van der Waals surface area (Å²) in [6, 6.07) is 0.105. The van der Waals surface area contributed by atoms with Crippen LogP contribution in [0, 0.1) is 23.2 Å². The number of nitrogens with one attached hydrogen (secondary N) is 1. The molecule has 0 saturated heterocycles. The lowest BCUT2D eigenvalue weighted by atomic mass is 9.84. The molecule has 0 heterocycles. The van der Waals surface area contributed by atoms with Gasteiger partial charge in [-0.1, -0.05) is 0 Å². The number of nitrogens with two attached hydrogens (primary N) is 1. The van der Waals surface area contributed by atoms with Gasteiger partial charge < -0.3 is 15.8 Å². The fourth-order valence-corrected chi connectivity index (χ4v) is 4.13. The number of amides is 1. The molecule has 3 saturated carbocycles. The molecule has 3 fully saturated rings. The van der Waals surface area contributed by atoms with Gasteiger partial charge in [0.05, 0.1) is 5.92 Å². The van der Waals surface area contributed by atoms with E-state index in [1.807, 2.05) is 0 Å². The summed E-state index contributed by atoms with van der Waals surface area (Å²) in [7, 11) is 1.74. The number of ether oxygens (including phenoxy) is 1. The molecule has 3 aliphatic rings. The van der Waals surface area contributed by atoms with E-state index in [9.17, 15) is 4.79 Å². The van der Waals surface area contributed by atoms with Crippen LogP contribution in [-0.4, -0.2) is 32.2 Å². The quantitative estimate of drug-likeness (QED) is 0.785. The number of hydrogen-bond acceptors (Lipinski definition) is 3. The van der Waals surface area contributed by atoms with Gasteiger partial charge in [-0.3, -0.25) is 4.79 Å². The fourth-order valence-electron chi connectivity index (χ4n) is 4.13. The maximum absolute atomic E-state index is 12.4. The van der Waals surface area contributed by atoms with Gasteiger partial charge in [0.25, 0.3) is 0 Å². The molecule has 116 valence electrons. The number of halogens is 1. The van der Waals surface area contributed by atoms with Crippen LogP contribution in [-0.2, 0) is 9.53 Å². The van der Waals surface area contributed by atoms with Crippen LogP contribution < -0.4 is 11.1 Å². The molecule has 3 aliphatic carbocycles. The van der Waals surface area contributed by atoms with Crippen LogP contribution in [0.15, 0.2) is 0 Å². The van der Waals surface area contributed by atoms with Gasteiger partial charge >= 0.3 is 0 Å². The Morgan fingerprint density at radius 2 is 2.05 bits per heavy atom. The monoisotopic (exact) mass is 302 g/mol. The molecule has 0 aromatic rings. The highest BCUT2D eigenvalue weighted by Gasteiger charge is 2.50. The summed E-state index contributed by atoms with van der Waals surface area (Å²) in [6.07, 6.45) is 7.11. The fraction of sp³-hybridized carbons (Fsp3) is 0.933. The zero-order valence-corrected chi connectivity index (χ0v) is 13.1. The van der Waals surface area contributed by atoms with E-state index in [2.05, 4.69) is 5.32 Å². The van der Waals surface area contributed by atoms with Crippen LogP contribution in [0.3, 0.4) is 0 Å². The Hall–Kier alpha value is -0.320. The molecule has 1 amide bonds. The first-order valence-electron chi connectivity index (χ1n) is 7.67. The van der Waals surface area contributed by atoms with E-state index >= 15 is 0 Å². The molecule has 4 nitrogen and oxygen atoms in total. The molecule has 3 rings (SSSR count). The minimum Gasteiger partial charge on any atom is -0.385 e. The molecule has 0 aromatic carbocycles. The Labute approximate surface area is 127 Å². The van der Waals surface area contributed by atoms with Gasteiger partial charge in [0.2, 0.25) is 5.91 Å². The zero-order valence-electron chi connectivity index (χ0n) is 12.3. The van der Waals surface area contributed by atoms with Crippen molar-refractivity contribution in [2.75, 3.05) is 20.3 Å². The summed E-state index contributed by atoms with van der Waals surface area (Å²) >= 11 is 0. The van der Waals surface area contributed by atoms with Crippen molar-refractivity contribution in [1.82, 2.24) is 5.32 Å². The first kappa shape index (κ1) is 16.1. The van der Waals surface area contributed by atoms with Gasteiger partial charge in [0.1, 0.15) is 0 Å². The molecule has 4 atom stereocenters. The van der Waals surface area contributed by atoms with Gasteiger partial charge in [0.15, 0.2) is 0 Å². The second-order valence-corrected chi connectivity index (χ2v) is 6.90. The Morgan fingerprint density at radius 3 is 2.60 bits per heavy atom. The summed E-state index contributed by atoms with van der Waals surface area (Å²) in [4.78, 5) is 12.4. The highest BCUT2D eigenvalue weighted by molar-refractivity contribution is 5.85. The summed E-state index contributed by atoms with van der Waals surface area (Å²) in [5.74, 6) is 1.44. The molecule has 0 spiro atoms. The number of rotatable bonds is 6. The van der Waals surface area contributed by atoms with E-state index in [4.69, 9.17) is 10.5 Å². The summed E-state index contributed by atoms with van der Waals surface area (Å²) in [5.41, 5.74) is 6.55. The summed E-state index contributed by atoms with van der Waals surface area (Å²) < 4.78 is 5.15. The maximum atomic E-state index is 12.4. The molecule has 0 radical (unpaired) electrons. The van der Waals surface area contributed by atoms with Crippen molar-refractivity contribution in [2.45, 2.75) is 44.6 Å². The van der Waals surface area contributed by atoms with Crippen LogP contribution in [0.4, 0.5) is 0 Å². The topological polar surface area (TPSA) is 64.3 Å². The summed E-state index contributed by atoms with van der Waals surface area (Å²) in [5, 5.41) is 3.18. The van der Waals surface area contributed by atoms with Crippen molar-refractivity contribution in [1.29, 1.82) is 0 Å². The van der Waals surface area contributed by atoms with Gasteiger partial charge in [-0.15, -0.1) is 12.4 Å². The van der Waals surface area contributed by atoms with Crippen LogP contribution in [0.25, 0.3) is 0 Å². The summed E-state index contributed by atoms with van der Waals surface area (Å²) in [6.45, 7) is 1.61. The first-order chi connectivity index (χ1) is 9.15. The molecule has 3 N–H and O–H groups in total. The number of methoxy groups -OCH3 is 1. The Bertz CT molecular complexity index is 358. The molecular weight excluding hydrogens is 276 g/mol. The van der Waals surface area contributed by atoms with Crippen molar-refractivity contribution in [3.8, 4) is 0 Å². The Morgan fingerprint density at radius 1 is 1.35 bits per heavy atom. The Kier molecular flexibility index (Phi) is 4.98. The third-order valence-corrected chi connectivity index (χ3v) is 5.71. The molecule has 0 aromatic heterocycles. The smallest absolute Gasteiger partial charge is 0.224 e. The predicted molar refractivity (Wildman–Crippen MR) is 80.7 cm³/mol. The SMILES string of the molecule is COCCC1(CNC(=O)C2C3CCC(C3)C2N)CC1.Cl. The largest absolute Gasteiger partial charge is 0.385 e. The minimum absolute atomic E-state index is 0. The number of hydrogen-bond donors (Lipinski definition) is 2. The van der Waals surface area contributed by atoms with Crippen LogP contribution in [0.5, 0.6) is 0 Å². The molecule has 4 unspecified atom stereocenters. The Balaban J connectivity index is 0.00000147. The lowest BCUT2D eigenvalue weighted by Gasteiger charge is -2.28. The van der Waals surface area contributed by atoms with Gasteiger partial charge in [-0.2, -0.15) is 0 Å². The van der Waals surface area contributed by atoms with Crippen molar-refractivity contribution in [3.63, 3.8) is 0 Å². The number of carbonyl (C=O) groups excluding carboxylic acids is 1. The van der Waals surface area contributed by atoms with Crippen molar-refractivity contribution in [2.24, 2.45) is 28.9 Å². The molecule has 2 bridgehead atoms. The van der Waals surface area contributed by atoms with E-state index in [-0.39, 0.29) is 30.3 Å². The normalized spacial score (nSPS) is 36.5. The van der Waals surface area contributed by atoms with Crippen molar-refractivity contribution >= 4 is 18.3 Å². The average molecular weight is 303 g/mol. The third kappa shape index (κ3) is 2.97. The number of fused-ring (bicyclic) bond motifs is 2. The van der Waals surface area contributed by atoms with E-state index in [0.717, 1.165) is 19.6 Å². The highest BCUT2D eigenvalue weighted by atomic mass is 35.5. The van der Waals surface area contributed by atoms with Gasteiger partial charge in [0, 0.05) is 26.3 Å². The van der Waals surface area contributed by atoms with Crippen LogP contribution in [0.1, 0.15) is 38.5 Å². The van der Waals surface area contributed by atoms with Gasteiger partial charge in [-0.05, 0) is 55.8 Å². The zero-order chi connectivity index (χ0) is 13.5. The van der Waals surface area contributed by atoms with E-state index in [0.29, 0.717) is 17.3 Å². The van der Waals surface area contributed by atoms with E-state index in [1.165, 1.54) is 32.1 Å². The molecule has 20 heavy (non-hydrogen) atoms. The minimum atomic E-state index is 0. The van der Waals surface area contributed by atoms with E-state index in [1.54, 1.807) is 7.11 Å². The molecule has 0 aliphatic heterocycles. The standard InChI is InChI=1S/C15H26N2O2.ClH/c1-19-7-6-15(4-5-15)9-17-14(18)12-10-2-3-11(8-10)13(12)16;/h10-13H,2-9,16H2,1H3,(H,17,18);1H. The first-order valence-corrected chi connectivity index (χ1v) is 7.67. The average Bonchev–Trinajstić information content (AvgIpc) is 2.90. The second kappa shape index (κ2) is 6.20. The predicted octanol–water partition coefficient (Wildman–Crippen LogP) is 1.71. The second-order valence-electron chi connectivity index (χ2n) is 6.90. The lowest BCUT2D eigenvalue weighted by Crippen LogP contribution is -2.46. The van der Waals surface area contributed by atoms with Crippen LogP contribution in [0.2, 0.25) is 0 Å². The lowest BCUT2D eigenvalue weighted by molar-refractivity contribution is -0.127. The van der Waals surface area contributed by atoms with E-state index < -0.39 is 0 Å². The van der Waals surface area contributed by atoms with Crippen molar-refractivity contribution < 1.29 is 9.53 Å². The molecule has 5 heteroatoms.